The topological polar surface area (TPSA) is 108 Å². The summed E-state index contributed by atoms with van der Waals surface area (Å²) >= 11 is 0. The second-order valence-electron chi connectivity index (χ2n) is 10.4. The van der Waals surface area contributed by atoms with Crippen molar-refractivity contribution in [2.75, 3.05) is 43.9 Å². The Balaban J connectivity index is 0.000000491. The maximum Gasteiger partial charge on any atom is 0.318 e. The van der Waals surface area contributed by atoms with Gasteiger partial charge in [-0.2, -0.15) is 37.0 Å². The second kappa shape index (κ2) is 15.9. The Morgan fingerprint density at radius 3 is 2.55 bits per heavy atom. The highest BCUT2D eigenvalue weighted by Crippen LogP contribution is 2.35. The van der Waals surface area contributed by atoms with E-state index in [4.69, 9.17) is 15.5 Å². The molecule has 1 amide bonds. The van der Waals surface area contributed by atoms with Crippen molar-refractivity contribution in [1.29, 1.82) is 0 Å². The van der Waals surface area contributed by atoms with Crippen molar-refractivity contribution in [3.8, 4) is 11.8 Å². The lowest BCUT2D eigenvalue weighted by atomic mass is 10.0. The Labute approximate surface area is 263 Å². The fourth-order valence-corrected chi connectivity index (χ4v) is 5.67. The normalized spacial score (nSPS) is 16.7. The Bertz CT molecular complexity index is 1350. The molecule has 0 radical (unpaired) electrons. The summed E-state index contributed by atoms with van der Waals surface area (Å²) in [6.45, 7) is 13.4. The molecule has 3 aromatic rings. The summed E-state index contributed by atoms with van der Waals surface area (Å²) in [6, 6.07) is 12.5. The number of nitrogen functional groups attached to an aromatic ring is 1. The van der Waals surface area contributed by atoms with Gasteiger partial charge in [0.05, 0.1) is 12.2 Å². The quantitative estimate of drug-likeness (QED) is 0.372. The Hall–Kier alpha value is -3.15. The molecule has 0 aliphatic carbocycles. The summed E-state index contributed by atoms with van der Waals surface area (Å²) in [5.74, 6) is 0.785. The van der Waals surface area contributed by atoms with E-state index >= 15 is 0 Å². The number of hydrogen-bond donors (Lipinski definition) is 2. The Morgan fingerprint density at radius 1 is 1.21 bits per heavy atom. The number of hydrogen-bond acceptors (Lipinski definition) is 8. The van der Waals surface area contributed by atoms with E-state index in [0.29, 0.717) is 24.4 Å². The van der Waals surface area contributed by atoms with Gasteiger partial charge in [0.15, 0.2) is 0 Å². The average molecular weight is 615 g/mol. The van der Waals surface area contributed by atoms with Gasteiger partial charge >= 0.3 is 6.01 Å². The summed E-state index contributed by atoms with van der Waals surface area (Å²) in [5, 5.41) is 12.4. The SMILES string of the molecule is C=CC(=O)N(CC)CC.C[C@H](Oc1nc(N)c2c(n1)CN(c1cc(O)cc3ccccc13)CC2)[C@@H]1CCCN1C.S.S. The van der Waals surface area contributed by atoms with E-state index < -0.39 is 0 Å². The number of fused-ring (bicyclic) bond motifs is 2. The number of carbonyl (C=O) groups excluding carboxylic acids is 1. The van der Waals surface area contributed by atoms with Crippen LogP contribution in [0.1, 0.15) is 44.9 Å². The van der Waals surface area contributed by atoms with Gasteiger partial charge in [0.2, 0.25) is 5.91 Å². The minimum atomic E-state index is -0.000317. The predicted molar refractivity (Wildman–Crippen MR) is 181 cm³/mol. The van der Waals surface area contributed by atoms with Crippen LogP contribution in [0.3, 0.4) is 0 Å². The van der Waals surface area contributed by atoms with Crippen LogP contribution in [-0.2, 0) is 17.8 Å². The molecule has 1 fully saturated rings. The third kappa shape index (κ3) is 8.02. The van der Waals surface area contributed by atoms with E-state index in [1.165, 1.54) is 12.5 Å². The number of likely N-dealkylation sites (tertiary alicyclic amines) is 1. The van der Waals surface area contributed by atoms with Gasteiger partial charge < -0.3 is 25.4 Å². The van der Waals surface area contributed by atoms with E-state index in [9.17, 15) is 9.90 Å². The fraction of sp³-hybridized carbons (Fsp3) is 0.452. The third-order valence-corrected chi connectivity index (χ3v) is 7.90. The van der Waals surface area contributed by atoms with Crippen LogP contribution in [0.4, 0.5) is 11.5 Å². The number of benzene rings is 2. The van der Waals surface area contributed by atoms with Crippen LogP contribution < -0.4 is 15.4 Å². The maximum atomic E-state index is 10.8. The molecule has 2 aliphatic heterocycles. The predicted octanol–water partition coefficient (Wildman–Crippen LogP) is 4.61. The van der Waals surface area contributed by atoms with Gasteiger partial charge in [0, 0.05) is 48.4 Å². The number of phenols is 1. The fourth-order valence-electron chi connectivity index (χ4n) is 5.67. The van der Waals surface area contributed by atoms with Gasteiger partial charge in [-0.1, -0.05) is 30.8 Å². The molecule has 0 saturated carbocycles. The lowest BCUT2D eigenvalue weighted by Crippen LogP contribution is -2.38. The highest BCUT2D eigenvalue weighted by atomic mass is 32.1. The summed E-state index contributed by atoms with van der Waals surface area (Å²) in [6.07, 6.45) is 4.41. The van der Waals surface area contributed by atoms with Crippen LogP contribution in [0.5, 0.6) is 11.8 Å². The van der Waals surface area contributed by atoms with Crippen molar-refractivity contribution >= 4 is 55.2 Å². The number of nitrogens with two attached hydrogens (primary N) is 1. The first-order valence-electron chi connectivity index (χ1n) is 14.2. The average Bonchev–Trinajstić information content (AvgIpc) is 3.39. The molecule has 0 bridgehead atoms. The first-order valence-corrected chi connectivity index (χ1v) is 14.2. The van der Waals surface area contributed by atoms with E-state index in [1.807, 2.05) is 38.1 Å². The van der Waals surface area contributed by atoms with Crippen LogP contribution in [0.15, 0.2) is 49.1 Å². The van der Waals surface area contributed by atoms with E-state index in [2.05, 4.69) is 41.4 Å². The first-order chi connectivity index (χ1) is 19.2. The number of carbonyl (C=O) groups is 1. The number of anilines is 2. The summed E-state index contributed by atoms with van der Waals surface area (Å²) in [4.78, 5) is 26.3. The van der Waals surface area contributed by atoms with Crippen LogP contribution in [0.2, 0.25) is 0 Å². The molecule has 9 nitrogen and oxygen atoms in total. The van der Waals surface area contributed by atoms with Crippen molar-refractivity contribution < 1.29 is 14.6 Å². The molecule has 0 unspecified atom stereocenters. The smallest absolute Gasteiger partial charge is 0.318 e. The molecule has 2 aromatic carbocycles. The molecule has 42 heavy (non-hydrogen) atoms. The van der Waals surface area contributed by atoms with Crippen LogP contribution in [-0.4, -0.2) is 76.2 Å². The van der Waals surface area contributed by atoms with Crippen LogP contribution in [0, 0.1) is 0 Å². The first kappa shape index (κ1) is 35.0. The second-order valence-corrected chi connectivity index (χ2v) is 10.4. The van der Waals surface area contributed by atoms with Crippen molar-refractivity contribution in [2.45, 2.75) is 58.7 Å². The number of ether oxygens (including phenoxy) is 1. The number of amides is 1. The highest BCUT2D eigenvalue weighted by Gasteiger charge is 2.29. The number of aromatic hydroxyl groups is 1. The molecule has 3 heterocycles. The third-order valence-electron chi connectivity index (χ3n) is 7.90. The summed E-state index contributed by atoms with van der Waals surface area (Å²) in [5.41, 5.74) is 9.19. The van der Waals surface area contributed by atoms with Crippen LogP contribution in [0.25, 0.3) is 10.8 Å². The number of aromatic nitrogens is 2. The number of rotatable bonds is 7. The van der Waals surface area contributed by atoms with Gasteiger partial charge in [-0.15, -0.1) is 0 Å². The molecule has 1 aromatic heterocycles. The van der Waals surface area contributed by atoms with Crippen LogP contribution >= 0.6 is 27.0 Å². The van der Waals surface area contributed by atoms with Gasteiger partial charge in [0.1, 0.15) is 17.7 Å². The molecule has 2 atom stereocenters. The van der Waals surface area contributed by atoms with Crippen molar-refractivity contribution in [3.63, 3.8) is 0 Å². The molecule has 230 valence electrons. The zero-order valence-corrected chi connectivity index (χ0v) is 27.1. The van der Waals surface area contributed by atoms with Crippen molar-refractivity contribution in [1.82, 2.24) is 19.8 Å². The van der Waals surface area contributed by atoms with Gasteiger partial charge in [-0.05, 0) is 71.2 Å². The molecule has 5 rings (SSSR count). The molecular weight excluding hydrogens is 569 g/mol. The molecule has 2 aliphatic rings. The molecular formula is C31H46N6O3S2. The number of phenolic OH excluding ortho intramolecular Hbond substituents is 1. The largest absolute Gasteiger partial charge is 0.508 e. The lowest BCUT2D eigenvalue weighted by molar-refractivity contribution is -0.125. The number of likely N-dealkylation sites (N-methyl/N-ethyl adjacent to an activating group) is 2. The molecule has 0 spiro atoms. The van der Waals surface area contributed by atoms with Crippen molar-refractivity contribution in [2.24, 2.45) is 0 Å². The van der Waals surface area contributed by atoms with E-state index in [0.717, 1.165) is 66.7 Å². The molecule has 1 saturated heterocycles. The monoisotopic (exact) mass is 614 g/mol. The van der Waals surface area contributed by atoms with Gasteiger partial charge in [0.25, 0.3) is 0 Å². The lowest BCUT2D eigenvalue weighted by Gasteiger charge is -2.32. The van der Waals surface area contributed by atoms with E-state index in [1.54, 1.807) is 11.0 Å². The minimum absolute atomic E-state index is 0. The van der Waals surface area contributed by atoms with Crippen molar-refractivity contribution in [3.05, 3.63) is 60.3 Å². The van der Waals surface area contributed by atoms with Gasteiger partial charge in [-0.3, -0.25) is 9.69 Å². The zero-order chi connectivity index (χ0) is 28.8. The maximum absolute atomic E-state index is 10.8. The standard InChI is InChI=1S/C24H29N5O2.C7H13NO.2H2S/c1-15(21-8-5-10-28(21)2)31-24-26-20-14-29(11-9-19(20)23(25)27-24)22-13-17(30)12-16-6-3-4-7-18(16)22;1-4-7(9)8(5-2)6-3;;/h3-4,6-7,12-13,15,21,30H,5,8-11,14H2,1-2H3,(H2,25,26,27);4H,1,5-6H2,2-3H3;2*1H2/t15-,21-;;;/m0.../s1. The van der Waals surface area contributed by atoms with Gasteiger partial charge in [-0.25, -0.2) is 0 Å². The summed E-state index contributed by atoms with van der Waals surface area (Å²) < 4.78 is 6.14. The molecule has 11 heteroatoms. The Morgan fingerprint density at radius 2 is 1.93 bits per heavy atom. The molecule has 3 N–H and O–H groups in total. The number of nitrogens with zero attached hydrogens (tertiary/aromatic N) is 5. The zero-order valence-electron chi connectivity index (χ0n) is 25.1. The Kier molecular flexibility index (Phi) is 13.3. The highest BCUT2D eigenvalue weighted by molar-refractivity contribution is 7.59. The van der Waals surface area contributed by atoms with E-state index in [-0.39, 0.29) is 44.8 Å². The summed E-state index contributed by atoms with van der Waals surface area (Å²) in [7, 11) is 2.14. The minimum Gasteiger partial charge on any atom is -0.508 e.